The molecular formula is C10H16N4O2. The monoisotopic (exact) mass is 224 g/mol. The van der Waals surface area contributed by atoms with Gasteiger partial charge in [0.25, 0.3) is 0 Å². The summed E-state index contributed by atoms with van der Waals surface area (Å²) in [6.07, 6.45) is 3.78. The first-order valence-electron chi connectivity index (χ1n) is 5.46. The summed E-state index contributed by atoms with van der Waals surface area (Å²) in [5, 5.41) is 11.2. The molecule has 1 fully saturated rings. The number of nitrogens with one attached hydrogen (secondary N) is 1. The van der Waals surface area contributed by atoms with Crippen LogP contribution in [0.4, 0.5) is 0 Å². The second kappa shape index (κ2) is 5.18. The number of carbonyl (C=O) groups excluding carboxylic acids is 1. The van der Waals surface area contributed by atoms with Crippen LogP contribution in [0.2, 0.25) is 0 Å². The minimum absolute atomic E-state index is 0.0604. The first kappa shape index (κ1) is 11.2. The summed E-state index contributed by atoms with van der Waals surface area (Å²) in [6.45, 7) is 2.04. The molecule has 0 saturated carbocycles. The average Bonchev–Trinajstić information content (AvgIpc) is 2.80. The summed E-state index contributed by atoms with van der Waals surface area (Å²) in [5.41, 5.74) is 0.389. The van der Waals surface area contributed by atoms with Crippen LogP contribution in [0.5, 0.6) is 0 Å². The third kappa shape index (κ3) is 2.45. The fourth-order valence-electron chi connectivity index (χ4n) is 1.86. The maximum atomic E-state index is 11.5. The normalized spacial score (nSPS) is 17.6. The molecular weight excluding hydrogens is 208 g/mol. The fourth-order valence-corrected chi connectivity index (χ4v) is 1.86. The Morgan fingerprint density at radius 3 is 3.06 bits per heavy atom. The average molecular weight is 224 g/mol. The van der Waals surface area contributed by atoms with E-state index in [0.717, 1.165) is 25.9 Å². The van der Waals surface area contributed by atoms with Crippen LogP contribution in [-0.2, 0) is 4.74 Å². The largest absolute Gasteiger partial charge is 0.376 e. The molecule has 2 rings (SSSR count). The van der Waals surface area contributed by atoms with Gasteiger partial charge in [-0.05, 0) is 25.9 Å². The lowest BCUT2D eigenvalue weighted by Gasteiger charge is -2.22. The molecule has 6 heteroatoms. The molecule has 0 atom stereocenters. The summed E-state index contributed by atoms with van der Waals surface area (Å²) < 4.78 is 6.57. The van der Waals surface area contributed by atoms with Crippen LogP contribution in [0.3, 0.4) is 0 Å². The SMILES string of the molecule is COCC(=O)c1cn(C2CCNCC2)nn1. The van der Waals surface area contributed by atoms with Crippen molar-refractivity contribution >= 4 is 5.78 Å². The van der Waals surface area contributed by atoms with Crippen molar-refractivity contribution in [3.8, 4) is 0 Å². The van der Waals surface area contributed by atoms with Gasteiger partial charge in [-0.25, -0.2) is 4.68 Å². The number of aromatic nitrogens is 3. The molecule has 1 aromatic rings. The van der Waals surface area contributed by atoms with E-state index in [4.69, 9.17) is 4.74 Å². The van der Waals surface area contributed by atoms with Crippen LogP contribution in [-0.4, -0.2) is 47.6 Å². The Labute approximate surface area is 94.0 Å². The highest BCUT2D eigenvalue weighted by atomic mass is 16.5. The molecule has 0 aliphatic carbocycles. The van der Waals surface area contributed by atoms with Crippen molar-refractivity contribution in [1.82, 2.24) is 20.3 Å². The van der Waals surface area contributed by atoms with E-state index in [1.54, 1.807) is 10.9 Å². The number of Topliss-reactive ketones (excluding diaryl/α,β-unsaturated/α-hetero) is 1. The second-order valence-electron chi connectivity index (χ2n) is 3.92. The summed E-state index contributed by atoms with van der Waals surface area (Å²) in [5.74, 6) is -0.123. The minimum Gasteiger partial charge on any atom is -0.376 e. The maximum Gasteiger partial charge on any atom is 0.210 e. The van der Waals surface area contributed by atoms with Crippen LogP contribution in [0.25, 0.3) is 0 Å². The molecule has 2 heterocycles. The van der Waals surface area contributed by atoms with Gasteiger partial charge in [0, 0.05) is 7.11 Å². The van der Waals surface area contributed by atoms with Crippen molar-refractivity contribution in [3.05, 3.63) is 11.9 Å². The van der Waals surface area contributed by atoms with Crippen LogP contribution in [0, 0.1) is 0 Å². The zero-order valence-electron chi connectivity index (χ0n) is 9.35. The number of hydrogen-bond acceptors (Lipinski definition) is 5. The molecule has 0 amide bonds. The number of nitrogens with zero attached hydrogens (tertiary/aromatic N) is 3. The van der Waals surface area contributed by atoms with Crippen molar-refractivity contribution in [3.63, 3.8) is 0 Å². The Morgan fingerprint density at radius 1 is 1.62 bits per heavy atom. The molecule has 1 aliphatic heterocycles. The highest BCUT2D eigenvalue weighted by molar-refractivity contribution is 5.94. The van der Waals surface area contributed by atoms with Crippen molar-refractivity contribution in [1.29, 1.82) is 0 Å². The molecule has 0 radical (unpaired) electrons. The highest BCUT2D eigenvalue weighted by Crippen LogP contribution is 2.17. The van der Waals surface area contributed by atoms with Crippen molar-refractivity contribution < 1.29 is 9.53 Å². The molecule has 0 bridgehead atoms. The Bertz CT molecular complexity index is 357. The molecule has 1 N–H and O–H groups in total. The smallest absolute Gasteiger partial charge is 0.210 e. The second-order valence-corrected chi connectivity index (χ2v) is 3.92. The third-order valence-corrected chi connectivity index (χ3v) is 2.75. The van der Waals surface area contributed by atoms with Gasteiger partial charge in [0.1, 0.15) is 6.61 Å². The molecule has 88 valence electrons. The van der Waals surface area contributed by atoms with E-state index >= 15 is 0 Å². The lowest BCUT2D eigenvalue weighted by Crippen LogP contribution is -2.29. The number of methoxy groups -OCH3 is 1. The molecule has 16 heavy (non-hydrogen) atoms. The van der Waals surface area contributed by atoms with Gasteiger partial charge in [-0.1, -0.05) is 5.21 Å². The Hall–Kier alpha value is -1.27. The predicted octanol–water partition coefficient (Wildman–Crippen LogP) is 0.0317. The van der Waals surface area contributed by atoms with Crippen molar-refractivity contribution in [2.45, 2.75) is 18.9 Å². The summed E-state index contributed by atoms with van der Waals surface area (Å²) in [7, 11) is 1.50. The molecule has 1 aromatic heterocycles. The van der Waals surface area contributed by atoms with Crippen molar-refractivity contribution in [2.24, 2.45) is 0 Å². The van der Waals surface area contributed by atoms with Gasteiger partial charge in [-0.3, -0.25) is 4.79 Å². The highest BCUT2D eigenvalue weighted by Gasteiger charge is 2.18. The number of piperidine rings is 1. The van der Waals surface area contributed by atoms with Crippen molar-refractivity contribution in [2.75, 3.05) is 26.8 Å². The first-order valence-corrected chi connectivity index (χ1v) is 5.46. The van der Waals surface area contributed by atoms with E-state index in [1.165, 1.54) is 7.11 Å². The van der Waals surface area contributed by atoms with Gasteiger partial charge >= 0.3 is 0 Å². The Balaban J connectivity index is 2.03. The van der Waals surface area contributed by atoms with Gasteiger partial charge in [0.15, 0.2) is 5.69 Å². The topological polar surface area (TPSA) is 69.0 Å². The maximum absolute atomic E-state index is 11.5. The fraction of sp³-hybridized carbons (Fsp3) is 0.700. The number of hydrogen-bond donors (Lipinski definition) is 1. The molecule has 1 saturated heterocycles. The Kier molecular flexibility index (Phi) is 3.63. The predicted molar refractivity (Wildman–Crippen MR) is 57.4 cm³/mol. The van der Waals surface area contributed by atoms with Crippen LogP contribution < -0.4 is 5.32 Å². The van der Waals surface area contributed by atoms with E-state index < -0.39 is 0 Å². The number of ether oxygens (including phenoxy) is 1. The summed E-state index contributed by atoms with van der Waals surface area (Å²) in [6, 6.07) is 0.359. The number of rotatable bonds is 4. The minimum atomic E-state index is -0.123. The van der Waals surface area contributed by atoms with Gasteiger partial charge in [-0.2, -0.15) is 0 Å². The van der Waals surface area contributed by atoms with Gasteiger partial charge in [0.2, 0.25) is 5.78 Å². The zero-order chi connectivity index (χ0) is 11.4. The van der Waals surface area contributed by atoms with E-state index in [9.17, 15) is 4.79 Å². The lowest BCUT2D eigenvalue weighted by molar-refractivity contribution is 0.0843. The third-order valence-electron chi connectivity index (χ3n) is 2.75. The Morgan fingerprint density at radius 2 is 2.38 bits per heavy atom. The van der Waals surface area contributed by atoms with Crippen LogP contribution in [0.15, 0.2) is 6.20 Å². The number of carbonyl (C=O) groups is 1. The standard InChI is InChI=1S/C10H16N4O2/c1-16-7-10(15)9-6-14(13-12-9)8-2-4-11-5-3-8/h6,8,11H,2-5,7H2,1H3. The molecule has 1 aliphatic rings. The molecule has 0 aromatic carbocycles. The van der Waals surface area contributed by atoms with Gasteiger partial charge < -0.3 is 10.1 Å². The number of ketones is 1. The van der Waals surface area contributed by atoms with Crippen LogP contribution in [0.1, 0.15) is 29.4 Å². The molecule has 0 unspecified atom stereocenters. The van der Waals surface area contributed by atoms with E-state index in [1.807, 2.05) is 0 Å². The van der Waals surface area contributed by atoms with Crippen LogP contribution >= 0.6 is 0 Å². The molecule has 6 nitrogen and oxygen atoms in total. The first-order chi connectivity index (χ1) is 7.81. The van der Waals surface area contributed by atoms with E-state index in [0.29, 0.717) is 11.7 Å². The molecule has 0 spiro atoms. The quantitative estimate of drug-likeness (QED) is 0.731. The van der Waals surface area contributed by atoms with Gasteiger partial charge in [-0.15, -0.1) is 5.10 Å². The van der Waals surface area contributed by atoms with E-state index in [-0.39, 0.29) is 12.4 Å². The van der Waals surface area contributed by atoms with Gasteiger partial charge in [0.05, 0.1) is 12.2 Å². The lowest BCUT2D eigenvalue weighted by atomic mass is 10.1. The zero-order valence-corrected chi connectivity index (χ0v) is 9.35. The summed E-state index contributed by atoms with van der Waals surface area (Å²) >= 11 is 0. The summed E-state index contributed by atoms with van der Waals surface area (Å²) in [4.78, 5) is 11.5. The van der Waals surface area contributed by atoms with E-state index in [2.05, 4.69) is 15.6 Å².